The lowest BCUT2D eigenvalue weighted by Gasteiger charge is -2.32. The van der Waals surface area contributed by atoms with Crippen molar-refractivity contribution in [2.75, 3.05) is 0 Å². The minimum atomic E-state index is -0.735. The molecule has 2 aliphatic rings. The molecule has 0 atom stereocenters. The minimum Gasteiger partial charge on any atom is -0.0610 e. The first-order valence-electron chi connectivity index (χ1n) is 31.4. The first-order valence-corrected chi connectivity index (χ1v) is 31.4. The Morgan fingerprint density at radius 1 is 0.146 bits per heavy atom. The quantitative estimate of drug-likeness (QED) is 0.154. The summed E-state index contributed by atoms with van der Waals surface area (Å²) in [5.41, 5.74) is 19.5. The van der Waals surface area contributed by atoms with Crippen LogP contribution in [0.15, 0.2) is 291 Å². The highest BCUT2D eigenvalue weighted by molar-refractivity contribution is 6.29. The van der Waals surface area contributed by atoms with Crippen LogP contribution in [0.3, 0.4) is 0 Å². The topological polar surface area (TPSA) is 0 Å². The predicted octanol–water partition coefficient (Wildman–Crippen LogP) is 24.3. The lowest BCUT2D eigenvalue weighted by Crippen LogP contribution is -2.26. The van der Waals surface area contributed by atoms with E-state index in [-0.39, 0.29) is 0 Å². The molecular formula is C89H48. The van der Waals surface area contributed by atoms with Gasteiger partial charge in [0.1, 0.15) is 0 Å². The molecule has 0 amide bonds. The van der Waals surface area contributed by atoms with Crippen LogP contribution in [0.4, 0.5) is 0 Å². The van der Waals surface area contributed by atoms with E-state index >= 15 is 0 Å². The summed E-state index contributed by atoms with van der Waals surface area (Å²) in [6.45, 7) is 0. The molecule has 22 rings (SSSR count). The first-order chi connectivity index (χ1) is 44.1. The highest BCUT2D eigenvalue weighted by atomic mass is 14.5. The van der Waals surface area contributed by atoms with Crippen LogP contribution in [0.25, 0.3) is 196 Å². The van der Waals surface area contributed by atoms with Crippen LogP contribution in [-0.4, -0.2) is 0 Å². The van der Waals surface area contributed by atoms with Gasteiger partial charge in [-0.3, -0.25) is 0 Å². The van der Waals surface area contributed by atoms with Crippen molar-refractivity contribution in [3.63, 3.8) is 0 Å². The monoisotopic (exact) mass is 1120 g/mol. The van der Waals surface area contributed by atoms with Crippen molar-refractivity contribution in [1.29, 1.82) is 0 Å². The van der Waals surface area contributed by atoms with E-state index in [0.717, 1.165) is 0 Å². The molecule has 1 spiro atoms. The summed E-state index contributed by atoms with van der Waals surface area (Å²) < 4.78 is 0. The summed E-state index contributed by atoms with van der Waals surface area (Å²) >= 11 is 0. The van der Waals surface area contributed by atoms with E-state index in [1.54, 1.807) is 0 Å². The molecule has 0 aromatic heterocycles. The van der Waals surface area contributed by atoms with Gasteiger partial charge in [0, 0.05) is 0 Å². The fourth-order valence-corrected chi connectivity index (χ4v) is 17.8. The van der Waals surface area contributed by atoms with Crippen LogP contribution in [0.5, 0.6) is 0 Å². The number of fused-ring (bicyclic) bond motifs is 10. The summed E-state index contributed by atoms with van der Waals surface area (Å²) in [6.07, 6.45) is 0. The second-order valence-electron chi connectivity index (χ2n) is 25.7. The number of rotatable bonds is 4. The van der Waals surface area contributed by atoms with Gasteiger partial charge in [-0.15, -0.1) is 0 Å². The number of benzene rings is 20. The van der Waals surface area contributed by atoms with Crippen LogP contribution >= 0.6 is 0 Å². The van der Waals surface area contributed by atoms with E-state index in [1.165, 1.54) is 218 Å². The second kappa shape index (κ2) is 16.5. The number of hydrogen-bond donors (Lipinski definition) is 0. The van der Waals surface area contributed by atoms with Crippen molar-refractivity contribution in [3.05, 3.63) is 313 Å². The standard InChI is InChI=1S/C89H48/c1-5-49-19-21-64-43-66(44-65-22-20-50(6-1)81(49)85(64)65)60-29-36-70-71-37-30-61(67-33-23-57-16-13-51-7-2-10-54-26-40-74(67)86(57)82(51)54)46-78(71)89(77(70)45-60)79-47-62(68-34-24-58-17-14-52-8-3-11-55-27-41-75(68)87(58)83(52)55)31-38-72(79)73-39-32-63(48-80(73)89)69-35-25-59-18-15-53-9-4-12-56-28-42-76(69)88(59)84(53)56/h1-48H. The predicted molar refractivity (Wildman–Crippen MR) is 379 cm³/mol. The zero-order chi connectivity index (χ0) is 57.5. The van der Waals surface area contributed by atoms with Crippen molar-refractivity contribution < 1.29 is 0 Å². The van der Waals surface area contributed by atoms with E-state index in [0.29, 0.717) is 0 Å². The lowest BCUT2D eigenvalue weighted by molar-refractivity contribution is 0.795. The molecule has 89 heavy (non-hydrogen) atoms. The fraction of sp³-hybridized carbons (Fsp3) is 0.0112. The third-order valence-corrected chi connectivity index (χ3v) is 21.6. The van der Waals surface area contributed by atoms with Crippen molar-refractivity contribution in [2.45, 2.75) is 5.41 Å². The molecule has 20 aromatic carbocycles. The Bertz CT molecular complexity index is 6000. The molecule has 0 unspecified atom stereocenters. The molecule has 0 N–H and O–H groups in total. The molecule has 404 valence electrons. The summed E-state index contributed by atoms with van der Waals surface area (Å²) in [5.74, 6) is 0. The Hall–Kier alpha value is -11.4. The Balaban J connectivity index is 0.850. The van der Waals surface area contributed by atoms with Crippen LogP contribution in [0, 0.1) is 0 Å². The third-order valence-electron chi connectivity index (χ3n) is 21.6. The van der Waals surface area contributed by atoms with E-state index in [9.17, 15) is 0 Å². The van der Waals surface area contributed by atoms with Crippen molar-refractivity contribution in [1.82, 2.24) is 0 Å². The van der Waals surface area contributed by atoms with E-state index < -0.39 is 5.41 Å². The van der Waals surface area contributed by atoms with Gasteiger partial charge in [-0.25, -0.2) is 0 Å². The van der Waals surface area contributed by atoms with Crippen LogP contribution in [0.1, 0.15) is 22.3 Å². The molecule has 0 saturated carbocycles. The van der Waals surface area contributed by atoms with Crippen LogP contribution < -0.4 is 0 Å². The molecule has 0 fully saturated rings. The molecule has 0 saturated heterocycles. The van der Waals surface area contributed by atoms with Gasteiger partial charge >= 0.3 is 0 Å². The molecule has 0 radical (unpaired) electrons. The Labute approximate surface area is 511 Å². The Morgan fingerprint density at radius 2 is 0.371 bits per heavy atom. The second-order valence-corrected chi connectivity index (χ2v) is 25.7. The van der Waals surface area contributed by atoms with Crippen molar-refractivity contribution in [3.8, 4) is 66.8 Å². The zero-order valence-corrected chi connectivity index (χ0v) is 48.2. The summed E-state index contributed by atoms with van der Waals surface area (Å²) in [7, 11) is 0. The molecule has 0 heterocycles. The third kappa shape index (κ3) is 5.95. The van der Waals surface area contributed by atoms with Gasteiger partial charge < -0.3 is 0 Å². The fourth-order valence-electron chi connectivity index (χ4n) is 17.8. The van der Waals surface area contributed by atoms with E-state index in [1.807, 2.05) is 0 Å². The average molecular weight is 1120 g/mol. The van der Waals surface area contributed by atoms with Gasteiger partial charge in [0.25, 0.3) is 0 Å². The molecule has 0 aliphatic heterocycles. The SMILES string of the molecule is c1cc2ccc3cc(-c4ccc5c(c4)C4(c6cc(-c7ccc8ccc9cccc%10ccc7c8c9%10)ccc6-5)c5cc(-c6ccc7ccc8cccc9ccc6c7c89)ccc5-c5ccc(-c6ccc7ccc8cccc9ccc6c7c89)cc54)cc4ccc(c1)c2c34. The van der Waals surface area contributed by atoms with E-state index in [2.05, 4.69) is 291 Å². The van der Waals surface area contributed by atoms with Crippen LogP contribution in [-0.2, 0) is 5.41 Å². The highest BCUT2D eigenvalue weighted by Gasteiger charge is 2.52. The van der Waals surface area contributed by atoms with Gasteiger partial charge in [0.2, 0.25) is 0 Å². The zero-order valence-electron chi connectivity index (χ0n) is 48.2. The Kier molecular flexibility index (Phi) is 8.70. The Morgan fingerprint density at radius 3 is 0.697 bits per heavy atom. The van der Waals surface area contributed by atoms with Gasteiger partial charge in [0.15, 0.2) is 0 Å². The van der Waals surface area contributed by atoms with Crippen LogP contribution in [0.2, 0.25) is 0 Å². The molecule has 0 nitrogen and oxygen atoms in total. The van der Waals surface area contributed by atoms with Gasteiger partial charge in [-0.2, -0.15) is 0 Å². The van der Waals surface area contributed by atoms with Gasteiger partial charge in [-0.1, -0.05) is 255 Å². The highest BCUT2D eigenvalue weighted by Crippen LogP contribution is 2.65. The largest absolute Gasteiger partial charge is 0.0726 e. The van der Waals surface area contributed by atoms with Crippen molar-refractivity contribution in [2.24, 2.45) is 0 Å². The molecule has 0 bridgehead atoms. The van der Waals surface area contributed by atoms with Gasteiger partial charge in [-0.05, 0) is 255 Å². The first kappa shape index (κ1) is 46.8. The van der Waals surface area contributed by atoms with Gasteiger partial charge in [0.05, 0.1) is 5.41 Å². The maximum Gasteiger partial charge on any atom is 0.0726 e. The van der Waals surface area contributed by atoms with Crippen molar-refractivity contribution >= 4 is 129 Å². The maximum atomic E-state index is 2.61. The average Bonchev–Trinajstić information content (AvgIpc) is 1.52. The maximum absolute atomic E-state index is 2.61. The normalized spacial score (nSPS) is 13.5. The summed E-state index contributed by atoms with van der Waals surface area (Å²) in [4.78, 5) is 0. The minimum absolute atomic E-state index is 0.735. The number of hydrogen-bond acceptors (Lipinski definition) is 0. The summed E-state index contributed by atoms with van der Waals surface area (Å²) in [5, 5.41) is 31.2. The van der Waals surface area contributed by atoms with E-state index in [4.69, 9.17) is 0 Å². The molecule has 20 aromatic rings. The molecule has 2 aliphatic carbocycles. The smallest absolute Gasteiger partial charge is 0.0610 e. The molecule has 0 heteroatoms. The lowest BCUT2D eigenvalue weighted by atomic mass is 9.69. The summed E-state index contributed by atoms with van der Waals surface area (Å²) in [6, 6.07) is 113. The molecular weight excluding hydrogens is 1070 g/mol.